The molecule has 0 heterocycles. The number of aliphatic hydroxyl groups is 1. The first kappa shape index (κ1) is 83.1. The van der Waals surface area contributed by atoms with E-state index in [0.717, 1.165) is 120 Å². The minimum absolute atomic E-state index is 0.101. The van der Waals surface area contributed by atoms with Crippen LogP contribution in [0.3, 0.4) is 0 Å². The van der Waals surface area contributed by atoms with Crippen molar-refractivity contribution < 1.29 is 80.2 Å². The number of carbonyl (C=O) groups is 4. The second-order valence-electron chi connectivity index (χ2n) is 25.3. The highest BCUT2D eigenvalue weighted by atomic mass is 31.2. The van der Waals surface area contributed by atoms with Crippen LogP contribution in [0.1, 0.15) is 319 Å². The number of rotatable bonds is 63. The van der Waals surface area contributed by atoms with Crippen LogP contribution in [0.15, 0.2) is 0 Å². The van der Waals surface area contributed by atoms with Crippen molar-refractivity contribution >= 4 is 39.5 Å². The third-order valence-corrected chi connectivity index (χ3v) is 17.7. The zero-order valence-corrected chi connectivity index (χ0v) is 57.0. The summed E-state index contributed by atoms with van der Waals surface area (Å²) in [7, 11) is -9.89. The van der Waals surface area contributed by atoms with Gasteiger partial charge in [-0.15, -0.1) is 0 Å². The van der Waals surface area contributed by atoms with E-state index >= 15 is 0 Å². The van der Waals surface area contributed by atoms with Crippen LogP contribution in [0.5, 0.6) is 0 Å². The molecular weight excluding hydrogens is 1130 g/mol. The molecule has 0 aliphatic rings. The normalized spacial score (nSPS) is 15.0. The van der Waals surface area contributed by atoms with Crippen LogP contribution in [0, 0.1) is 23.7 Å². The molecule has 0 aliphatic carbocycles. The number of esters is 4. The van der Waals surface area contributed by atoms with Crippen molar-refractivity contribution in [1.29, 1.82) is 0 Å². The summed E-state index contributed by atoms with van der Waals surface area (Å²) < 4.78 is 68.1. The van der Waals surface area contributed by atoms with Gasteiger partial charge in [0.05, 0.1) is 26.4 Å². The van der Waals surface area contributed by atoms with Crippen LogP contribution >= 0.6 is 15.6 Å². The lowest BCUT2D eigenvalue weighted by atomic mass is 10.00. The van der Waals surface area contributed by atoms with Crippen molar-refractivity contribution in [2.75, 3.05) is 39.6 Å². The molecule has 504 valence electrons. The van der Waals surface area contributed by atoms with Crippen LogP contribution in [0.2, 0.25) is 0 Å². The Bertz CT molecular complexity index is 1700. The monoisotopic (exact) mass is 1250 g/mol. The molecule has 0 spiro atoms. The van der Waals surface area contributed by atoms with E-state index in [1.165, 1.54) is 109 Å². The molecule has 0 rings (SSSR count). The SMILES string of the molecule is CCC(C)CCCCCCCCC(=O)OC[C@H](COP(=O)(O)OCC(O)COP(=O)(O)OC[C@@H](COC(=O)CCCCCCCCCC(C)C)OC(=O)CCCCCCCCCCCCCCC(C)C)OC(=O)CCCCCCCCC(C)CC. The number of phosphoric ester groups is 2. The molecule has 0 saturated carbocycles. The van der Waals surface area contributed by atoms with Crippen molar-refractivity contribution in [3.63, 3.8) is 0 Å². The van der Waals surface area contributed by atoms with Crippen LogP contribution < -0.4 is 0 Å². The standard InChI is InChI=1S/C66H128O17P2/c1-9-58(7)44-36-28-22-24-31-39-47-64(69)77-53-62(83-66(71)49-41-33-25-23-29-37-45-59(8)10-2)55-81-85(74,75)79-51-60(67)50-78-84(72,73)80-54-61(52-76-63(68)46-38-30-21-17-19-27-35-43-57(5)6)82-65(70)48-40-32-20-16-14-12-11-13-15-18-26-34-42-56(3)4/h56-62,67H,9-55H2,1-8H3,(H,72,73)(H,74,75)/t58?,59?,60?,61-,62-/m1/s1. The first-order valence-electron chi connectivity index (χ1n) is 34.3. The Morgan fingerprint density at radius 2 is 0.565 bits per heavy atom. The van der Waals surface area contributed by atoms with E-state index in [0.29, 0.717) is 31.6 Å². The molecular formula is C66H128O17P2. The van der Waals surface area contributed by atoms with Crippen molar-refractivity contribution in [3.05, 3.63) is 0 Å². The van der Waals surface area contributed by atoms with Gasteiger partial charge in [0.2, 0.25) is 0 Å². The minimum atomic E-state index is -4.95. The number of unbranched alkanes of at least 4 members (excludes halogenated alkanes) is 27. The zero-order chi connectivity index (χ0) is 63.2. The van der Waals surface area contributed by atoms with Crippen molar-refractivity contribution in [2.45, 2.75) is 337 Å². The third kappa shape index (κ3) is 58.2. The van der Waals surface area contributed by atoms with Gasteiger partial charge in [0.15, 0.2) is 12.2 Å². The Morgan fingerprint density at radius 1 is 0.329 bits per heavy atom. The summed E-state index contributed by atoms with van der Waals surface area (Å²) in [4.78, 5) is 72.3. The second kappa shape index (κ2) is 56.1. The zero-order valence-electron chi connectivity index (χ0n) is 55.2. The maximum atomic E-state index is 13.0. The highest BCUT2D eigenvalue weighted by Crippen LogP contribution is 2.45. The summed E-state index contributed by atoms with van der Waals surface area (Å²) >= 11 is 0. The van der Waals surface area contributed by atoms with Gasteiger partial charge in [0.25, 0.3) is 0 Å². The predicted molar refractivity (Wildman–Crippen MR) is 340 cm³/mol. The number of phosphoric acid groups is 2. The van der Waals surface area contributed by atoms with E-state index < -0.39 is 97.5 Å². The van der Waals surface area contributed by atoms with Crippen molar-refractivity contribution in [1.82, 2.24) is 0 Å². The molecule has 0 aromatic heterocycles. The highest BCUT2D eigenvalue weighted by Gasteiger charge is 2.30. The van der Waals surface area contributed by atoms with E-state index in [-0.39, 0.29) is 25.7 Å². The molecule has 0 aromatic carbocycles. The molecule has 0 saturated heterocycles. The van der Waals surface area contributed by atoms with Gasteiger partial charge in [-0.1, -0.05) is 267 Å². The Kier molecular flexibility index (Phi) is 54.8. The summed E-state index contributed by atoms with van der Waals surface area (Å²) in [5.41, 5.74) is 0. The third-order valence-electron chi connectivity index (χ3n) is 15.8. The molecule has 85 heavy (non-hydrogen) atoms. The molecule has 0 fully saturated rings. The lowest BCUT2D eigenvalue weighted by molar-refractivity contribution is -0.161. The van der Waals surface area contributed by atoms with Crippen LogP contribution in [-0.4, -0.2) is 96.7 Å². The molecule has 0 aliphatic heterocycles. The second-order valence-corrected chi connectivity index (χ2v) is 28.2. The van der Waals surface area contributed by atoms with Gasteiger partial charge in [0.1, 0.15) is 19.3 Å². The largest absolute Gasteiger partial charge is 0.472 e. The van der Waals surface area contributed by atoms with E-state index in [1.54, 1.807) is 0 Å². The maximum absolute atomic E-state index is 13.0. The molecule has 3 N–H and O–H groups in total. The van der Waals surface area contributed by atoms with E-state index in [9.17, 15) is 43.2 Å². The van der Waals surface area contributed by atoms with E-state index in [2.05, 4.69) is 55.4 Å². The molecule has 0 bridgehead atoms. The van der Waals surface area contributed by atoms with Crippen molar-refractivity contribution in [3.8, 4) is 0 Å². The lowest BCUT2D eigenvalue weighted by Gasteiger charge is -2.21. The maximum Gasteiger partial charge on any atom is 0.472 e. The molecule has 5 unspecified atom stereocenters. The molecule has 0 aromatic rings. The lowest BCUT2D eigenvalue weighted by Crippen LogP contribution is -2.30. The predicted octanol–water partition coefficient (Wildman–Crippen LogP) is 18.1. The smallest absolute Gasteiger partial charge is 0.462 e. The summed E-state index contributed by atoms with van der Waals surface area (Å²) in [5.74, 6) is 0.793. The van der Waals surface area contributed by atoms with Gasteiger partial charge >= 0.3 is 39.5 Å². The number of aliphatic hydroxyl groups excluding tert-OH is 1. The van der Waals surface area contributed by atoms with Crippen LogP contribution in [0.25, 0.3) is 0 Å². The topological polar surface area (TPSA) is 237 Å². The van der Waals surface area contributed by atoms with Crippen molar-refractivity contribution in [2.24, 2.45) is 23.7 Å². The fourth-order valence-electron chi connectivity index (χ4n) is 9.72. The van der Waals surface area contributed by atoms with Crippen LogP contribution in [-0.2, 0) is 65.4 Å². The number of hydrogen-bond donors (Lipinski definition) is 3. The highest BCUT2D eigenvalue weighted by molar-refractivity contribution is 7.47. The van der Waals surface area contributed by atoms with Crippen LogP contribution in [0.4, 0.5) is 0 Å². The molecule has 0 amide bonds. The van der Waals surface area contributed by atoms with E-state index in [4.69, 9.17) is 37.0 Å². The Labute approximate surface area is 517 Å². The van der Waals surface area contributed by atoms with E-state index in [1.807, 2.05) is 0 Å². The summed E-state index contributed by atoms with van der Waals surface area (Å²) in [6.45, 7) is 14.0. The van der Waals surface area contributed by atoms with Gasteiger partial charge in [-0.3, -0.25) is 37.3 Å². The number of carbonyl (C=O) groups excluding carboxylic acids is 4. The molecule has 7 atom stereocenters. The average molecular weight is 1260 g/mol. The van der Waals surface area contributed by atoms with Gasteiger partial charge in [-0.2, -0.15) is 0 Å². The van der Waals surface area contributed by atoms with Gasteiger partial charge < -0.3 is 33.8 Å². The summed E-state index contributed by atoms with van der Waals surface area (Å²) in [6, 6.07) is 0. The Morgan fingerprint density at radius 3 is 0.835 bits per heavy atom. The van der Waals surface area contributed by atoms with Gasteiger partial charge in [-0.05, 0) is 49.4 Å². The fourth-order valence-corrected chi connectivity index (χ4v) is 11.3. The fraction of sp³-hybridized carbons (Fsp3) is 0.939. The Balaban J connectivity index is 5.25. The molecule has 0 radical (unpaired) electrons. The molecule has 17 nitrogen and oxygen atoms in total. The summed E-state index contributed by atoms with van der Waals surface area (Å²) in [6.07, 6.45) is 36.3. The van der Waals surface area contributed by atoms with Gasteiger partial charge in [-0.25, -0.2) is 9.13 Å². The first-order valence-corrected chi connectivity index (χ1v) is 37.3. The Hall–Kier alpha value is -1.94. The number of hydrogen-bond acceptors (Lipinski definition) is 15. The molecule has 19 heteroatoms. The summed E-state index contributed by atoms with van der Waals surface area (Å²) in [5, 5.41) is 10.5. The minimum Gasteiger partial charge on any atom is -0.462 e. The number of ether oxygens (including phenoxy) is 4. The van der Waals surface area contributed by atoms with Gasteiger partial charge in [0, 0.05) is 25.7 Å². The first-order chi connectivity index (χ1) is 40.7. The average Bonchev–Trinajstić information content (AvgIpc) is 3.55. The quantitative estimate of drug-likeness (QED) is 0.0222.